The normalized spacial score (nSPS) is 5.33. The summed E-state index contributed by atoms with van der Waals surface area (Å²) < 4.78 is 0. The van der Waals surface area contributed by atoms with E-state index in [1.165, 1.54) is 0 Å². The predicted molar refractivity (Wildman–Crippen MR) is 44.2 cm³/mol. The van der Waals surface area contributed by atoms with Crippen molar-refractivity contribution in [2.75, 3.05) is 0 Å². The van der Waals surface area contributed by atoms with E-state index in [-0.39, 0.29) is 68.4 Å². The SMILES string of the molecule is C=CC(=O)O.C=CC(=O)O.[BaH2].[Zn]. The fourth-order valence-corrected chi connectivity index (χ4v) is 0. The molecule has 12 heavy (non-hydrogen) atoms. The summed E-state index contributed by atoms with van der Waals surface area (Å²) in [5, 5.41) is 15.2. The summed E-state index contributed by atoms with van der Waals surface area (Å²) in [6.07, 6.45) is 1.67. The van der Waals surface area contributed by atoms with Crippen molar-refractivity contribution >= 4 is 60.8 Å². The molecule has 0 saturated heterocycles. The fraction of sp³-hybridized carbons (Fsp3) is 0. The maximum absolute atomic E-state index is 9.25. The Balaban J connectivity index is -0.0000000457. The Labute approximate surface area is 124 Å². The average molecular weight is 349 g/mol. The van der Waals surface area contributed by atoms with E-state index >= 15 is 0 Å². The Morgan fingerprint density at radius 2 is 1.08 bits per heavy atom. The zero-order chi connectivity index (χ0) is 8.57. The van der Waals surface area contributed by atoms with E-state index in [9.17, 15) is 9.59 Å². The molecule has 62 valence electrons. The van der Waals surface area contributed by atoms with Gasteiger partial charge in [-0.15, -0.1) is 0 Å². The first-order chi connectivity index (χ1) is 4.54. The third kappa shape index (κ3) is 46.1. The smallest absolute Gasteiger partial charge is 0 e. The molecular weight excluding hydrogens is 339 g/mol. The second-order valence-electron chi connectivity index (χ2n) is 1.08. The van der Waals surface area contributed by atoms with Crippen LogP contribution in [-0.2, 0) is 29.1 Å². The van der Waals surface area contributed by atoms with Crippen molar-refractivity contribution in [3.05, 3.63) is 25.3 Å². The second-order valence-corrected chi connectivity index (χ2v) is 1.08. The van der Waals surface area contributed by atoms with Crippen molar-refractivity contribution in [1.82, 2.24) is 0 Å². The van der Waals surface area contributed by atoms with Gasteiger partial charge in [-0.1, -0.05) is 13.2 Å². The van der Waals surface area contributed by atoms with Gasteiger partial charge in [-0.3, -0.25) is 0 Å². The Hall–Kier alpha value is 0.615. The summed E-state index contributed by atoms with van der Waals surface area (Å²) in [7, 11) is 0. The van der Waals surface area contributed by atoms with Crippen LogP contribution in [0, 0.1) is 0 Å². The van der Waals surface area contributed by atoms with E-state index in [0.29, 0.717) is 0 Å². The molecule has 0 radical (unpaired) electrons. The first kappa shape index (κ1) is 22.9. The topological polar surface area (TPSA) is 74.6 Å². The van der Waals surface area contributed by atoms with Gasteiger partial charge < -0.3 is 10.2 Å². The largest absolute Gasteiger partial charge is 0 e. The van der Waals surface area contributed by atoms with Crippen molar-refractivity contribution in [3.63, 3.8) is 0 Å². The predicted octanol–water partition coefficient (Wildman–Crippen LogP) is -0.405. The Bertz CT molecular complexity index is 140. The van der Waals surface area contributed by atoms with Crippen molar-refractivity contribution < 1.29 is 39.3 Å². The van der Waals surface area contributed by atoms with Gasteiger partial charge in [0.1, 0.15) is 0 Å². The standard InChI is InChI=1S/2C3H4O2.Ba.Zn.2H/c2*1-2-3(4)5;;;;/h2*2H,1H2,(H,4,5);;;;. The Morgan fingerprint density at radius 1 is 1.00 bits per heavy atom. The number of aliphatic carboxylic acids is 2. The molecule has 0 spiro atoms. The van der Waals surface area contributed by atoms with Gasteiger partial charge in [0.15, 0.2) is 0 Å². The molecule has 0 fully saturated rings. The van der Waals surface area contributed by atoms with Crippen molar-refractivity contribution in [1.29, 1.82) is 0 Å². The maximum Gasteiger partial charge on any atom is 0 e. The minimum atomic E-state index is -0.981. The van der Waals surface area contributed by atoms with Crippen LogP contribution >= 0.6 is 0 Å². The van der Waals surface area contributed by atoms with Crippen molar-refractivity contribution in [2.24, 2.45) is 0 Å². The number of carboxylic acids is 2. The molecule has 0 atom stereocenters. The molecular formula is C6H10BaO4Zn. The van der Waals surface area contributed by atoms with Crippen molar-refractivity contribution in [3.8, 4) is 0 Å². The molecule has 0 aliphatic carbocycles. The quantitative estimate of drug-likeness (QED) is 0.526. The monoisotopic (exact) mass is 348 g/mol. The van der Waals surface area contributed by atoms with Crippen molar-refractivity contribution in [2.45, 2.75) is 0 Å². The molecule has 0 amide bonds. The Morgan fingerprint density at radius 3 is 1.08 bits per heavy atom. The molecule has 0 aliphatic rings. The molecule has 0 aromatic heterocycles. The summed E-state index contributed by atoms with van der Waals surface area (Å²) in [5.41, 5.74) is 0. The minimum absolute atomic E-state index is 0. The van der Waals surface area contributed by atoms with E-state index in [1.807, 2.05) is 0 Å². The van der Waals surface area contributed by atoms with Gasteiger partial charge in [-0.2, -0.15) is 0 Å². The zero-order valence-electron chi connectivity index (χ0n) is 5.99. The molecule has 0 aromatic carbocycles. The van der Waals surface area contributed by atoms with E-state index in [4.69, 9.17) is 10.2 Å². The summed E-state index contributed by atoms with van der Waals surface area (Å²) >= 11 is 0. The molecule has 0 bridgehead atoms. The van der Waals surface area contributed by atoms with Crippen LogP contribution in [0.5, 0.6) is 0 Å². The molecule has 0 rings (SSSR count). The van der Waals surface area contributed by atoms with Gasteiger partial charge in [-0.25, -0.2) is 9.59 Å². The van der Waals surface area contributed by atoms with Gasteiger partial charge in [0.2, 0.25) is 0 Å². The second kappa shape index (κ2) is 17.6. The molecule has 0 saturated carbocycles. The summed E-state index contributed by atoms with van der Waals surface area (Å²) in [5.74, 6) is -1.96. The van der Waals surface area contributed by atoms with Crippen LogP contribution in [0.25, 0.3) is 0 Å². The molecule has 4 nitrogen and oxygen atoms in total. The summed E-state index contributed by atoms with van der Waals surface area (Å²) in [6, 6.07) is 0. The number of carboxylic acid groups (broad SMARTS) is 2. The summed E-state index contributed by atoms with van der Waals surface area (Å²) in [4.78, 5) is 18.5. The van der Waals surface area contributed by atoms with Crippen LogP contribution in [0.4, 0.5) is 0 Å². The van der Waals surface area contributed by atoms with E-state index < -0.39 is 11.9 Å². The molecule has 0 heterocycles. The number of carbonyl (C=O) groups is 2. The number of rotatable bonds is 2. The van der Waals surface area contributed by atoms with Gasteiger partial charge in [0.05, 0.1) is 0 Å². The fourth-order valence-electron chi connectivity index (χ4n) is 0. The number of hydrogen-bond acceptors (Lipinski definition) is 2. The van der Waals surface area contributed by atoms with Gasteiger partial charge in [-0.05, 0) is 0 Å². The molecule has 0 aromatic rings. The van der Waals surface area contributed by atoms with E-state index in [2.05, 4.69) is 13.2 Å². The molecule has 0 aliphatic heterocycles. The molecule has 2 N–H and O–H groups in total. The van der Waals surface area contributed by atoms with Crippen LogP contribution < -0.4 is 0 Å². The van der Waals surface area contributed by atoms with Gasteiger partial charge in [0.25, 0.3) is 0 Å². The minimum Gasteiger partial charge on any atom is 0 e. The van der Waals surface area contributed by atoms with Crippen LogP contribution in [0.15, 0.2) is 25.3 Å². The van der Waals surface area contributed by atoms with Gasteiger partial charge >= 0.3 is 60.8 Å². The third-order valence-corrected chi connectivity index (χ3v) is 0.349. The first-order valence-corrected chi connectivity index (χ1v) is 2.25. The van der Waals surface area contributed by atoms with E-state index in [1.54, 1.807) is 0 Å². The number of hydrogen-bond donors (Lipinski definition) is 2. The Kier molecular flexibility index (Phi) is 33.7. The van der Waals surface area contributed by atoms with E-state index in [0.717, 1.165) is 12.2 Å². The van der Waals surface area contributed by atoms with Crippen LogP contribution in [-0.4, -0.2) is 71.0 Å². The zero-order valence-corrected chi connectivity index (χ0v) is 8.95. The molecule has 6 heteroatoms. The van der Waals surface area contributed by atoms with Gasteiger partial charge in [0, 0.05) is 31.6 Å². The maximum atomic E-state index is 9.25. The summed E-state index contributed by atoms with van der Waals surface area (Å²) in [6.45, 7) is 5.92. The van der Waals surface area contributed by atoms with Crippen LogP contribution in [0.1, 0.15) is 0 Å². The van der Waals surface area contributed by atoms with Crippen LogP contribution in [0.3, 0.4) is 0 Å². The van der Waals surface area contributed by atoms with Crippen LogP contribution in [0.2, 0.25) is 0 Å². The third-order valence-electron chi connectivity index (χ3n) is 0.349. The average Bonchev–Trinajstić information content (AvgIpc) is 1.89. The molecule has 0 unspecified atom stereocenters. The first-order valence-electron chi connectivity index (χ1n) is 2.25.